The van der Waals surface area contributed by atoms with E-state index in [0.29, 0.717) is 0 Å². The summed E-state index contributed by atoms with van der Waals surface area (Å²) in [6, 6.07) is 0.840. The van der Waals surface area contributed by atoms with Crippen molar-refractivity contribution in [3.63, 3.8) is 0 Å². The Bertz CT molecular complexity index is 774. The molecule has 0 radical (unpaired) electrons. The molecular formula is C13H11F4N3O2S. The first-order chi connectivity index (χ1) is 10.6. The summed E-state index contributed by atoms with van der Waals surface area (Å²) in [6.07, 6.45) is -3.10. The second-order valence-electron chi connectivity index (χ2n) is 4.61. The number of alkyl halides is 3. The fraction of sp³-hybridized carbons (Fsp3) is 0.231. The lowest BCUT2D eigenvalue weighted by atomic mass is 10.1. The standard InChI is InChI=1S/C13H11F4N3O2S/c1-8-18-6-11(7-19-8)23(21,22)20-12(13(15,16)17)9-2-4-10(14)5-3-9/h2-7,12,20H,1H3. The second-order valence-corrected chi connectivity index (χ2v) is 6.33. The van der Waals surface area contributed by atoms with Crippen molar-refractivity contribution >= 4 is 10.0 Å². The van der Waals surface area contributed by atoms with Crippen LogP contribution in [-0.4, -0.2) is 24.6 Å². The number of aryl methyl sites for hydroxylation is 1. The predicted molar refractivity (Wildman–Crippen MR) is 72.3 cm³/mol. The fourth-order valence-corrected chi connectivity index (χ4v) is 2.82. The van der Waals surface area contributed by atoms with Gasteiger partial charge in [0.25, 0.3) is 0 Å². The summed E-state index contributed by atoms with van der Waals surface area (Å²) < 4.78 is 78.0. The number of nitrogens with zero attached hydrogens (tertiary/aromatic N) is 2. The minimum absolute atomic E-state index is 0.273. The molecule has 1 heterocycles. The molecule has 1 unspecified atom stereocenters. The first-order valence-electron chi connectivity index (χ1n) is 6.23. The Hall–Kier alpha value is -2.07. The van der Waals surface area contributed by atoms with Crippen LogP contribution in [0.2, 0.25) is 0 Å². The zero-order valence-corrected chi connectivity index (χ0v) is 12.5. The topological polar surface area (TPSA) is 72.0 Å². The molecule has 1 N–H and O–H groups in total. The van der Waals surface area contributed by atoms with Gasteiger partial charge in [-0.05, 0) is 24.6 Å². The predicted octanol–water partition coefficient (Wildman–Crippen LogP) is 2.51. The van der Waals surface area contributed by atoms with Crippen LogP contribution >= 0.6 is 0 Å². The maximum absolute atomic E-state index is 13.2. The van der Waals surface area contributed by atoms with Gasteiger partial charge in [0.2, 0.25) is 10.0 Å². The maximum Gasteiger partial charge on any atom is 0.408 e. The first kappa shape index (κ1) is 17.3. The Kier molecular flexibility index (Phi) is 4.66. The van der Waals surface area contributed by atoms with Gasteiger partial charge in [-0.25, -0.2) is 22.8 Å². The van der Waals surface area contributed by atoms with Crippen LogP contribution in [0.4, 0.5) is 17.6 Å². The van der Waals surface area contributed by atoms with Gasteiger partial charge in [-0.1, -0.05) is 12.1 Å². The third-order valence-electron chi connectivity index (χ3n) is 2.87. The van der Waals surface area contributed by atoms with Crippen molar-refractivity contribution in [2.45, 2.75) is 24.0 Å². The van der Waals surface area contributed by atoms with Gasteiger partial charge in [0.1, 0.15) is 22.6 Å². The molecule has 0 saturated heterocycles. The van der Waals surface area contributed by atoms with Gasteiger partial charge < -0.3 is 0 Å². The van der Waals surface area contributed by atoms with Crippen molar-refractivity contribution in [1.29, 1.82) is 0 Å². The fourth-order valence-electron chi connectivity index (χ4n) is 1.72. The monoisotopic (exact) mass is 349 g/mol. The van der Waals surface area contributed by atoms with E-state index in [0.717, 1.165) is 36.7 Å². The normalized spacial score (nSPS) is 13.8. The third-order valence-corrected chi connectivity index (χ3v) is 4.25. The van der Waals surface area contributed by atoms with Crippen LogP contribution in [0.1, 0.15) is 17.4 Å². The Morgan fingerprint density at radius 3 is 2.09 bits per heavy atom. The van der Waals surface area contributed by atoms with E-state index in [4.69, 9.17) is 0 Å². The molecule has 0 bridgehead atoms. The molecule has 0 saturated carbocycles. The number of benzene rings is 1. The van der Waals surface area contributed by atoms with Crippen LogP contribution in [0.3, 0.4) is 0 Å². The van der Waals surface area contributed by atoms with Crippen molar-refractivity contribution in [2.75, 3.05) is 0 Å². The van der Waals surface area contributed by atoms with E-state index < -0.39 is 38.5 Å². The van der Waals surface area contributed by atoms with Gasteiger partial charge in [-0.3, -0.25) is 0 Å². The van der Waals surface area contributed by atoms with Gasteiger partial charge in [-0.2, -0.15) is 17.9 Å². The quantitative estimate of drug-likeness (QED) is 0.861. The summed E-state index contributed by atoms with van der Waals surface area (Å²) in [5.74, 6) is -0.459. The van der Waals surface area contributed by atoms with Gasteiger partial charge in [0.15, 0.2) is 0 Å². The van der Waals surface area contributed by atoms with Crippen LogP contribution < -0.4 is 4.72 Å². The summed E-state index contributed by atoms with van der Waals surface area (Å²) in [4.78, 5) is 6.78. The summed E-state index contributed by atoms with van der Waals surface area (Å²) in [6.45, 7) is 1.50. The van der Waals surface area contributed by atoms with Crippen LogP contribution in [-0.2, 0) is 10.0 Å². The highest BCUT2D eigenvalue weighted by molar-refractivity contribution is 7.89. The van der Waals surface area contributed by atoms with Crippen molar-refractivity contribution in [1.82, 2.24) is 14.7 Å². The molecule has 1 aromatic carbocycles. The van der Waals surface area contributed by atoms with Gasteiger partial charge in [-0.15, -0.1) is 0 Å². The van der Waals surface area contributed by atoms with Crippen LogP contribution in [0.15, 0.2) is 41.6 Å². The summed E-state index contributed by atoms with van der Waals surface area (Å²) in [5.41, 5.74) is -0.435. The zero-order chi connectivity index (χ0) is 17.3. The molecule has 0 fully saturated rings. The average molecular weight is 349 g/mol. The van der Waals surface area contributed by atoms with E-state index in [1.54, 1.807) is 4.72 Å². The number of hydrogen-bond acceptors (Lipinski definition) is 4. The minimum Gasteiger partial charge on any atom is -0.240 e. The van der Waals surface area contributed by atoms with Crippen LogP contribution in [0.25, 0.3) is 0 Å². The van der Waals surface area contributed by atoms with E-state index in [-0.39, 0.29) is 5.82 Å². The molecule has 1 aromatic heterocycles. The maximum atomic E-state index is 13.2. The Morgan fingerprint density at radius 1 is 1.09 bits per heavy atom. The van der Waals surface area contributed by atoms with Gasteiger partial charge in [0, 0.05) is 0 Å². The molecule has 10 heteroatoms. The highest BCUT2D eigenvalue weighted by Gasteiger charge is 2.43. The van der Waals surface area contributed by atoms with E-state index in [9.17, 15) is 26.0 Å². The van der Waals surface area contributed by atoms with Crippen molar-refractivity contribution in [3.05, 3.63) is 53.9 Å². The average Bonchev–Trinajstić information content (AvgIpc) is 2.45. The Labute approximate surface area is 129 Å². The summed E-state index contributed by atoms with van der Waals surface area (Å²) in [5, 5.41) is 0. The van der Waals surface area contributed by atoms with E-state index in [1.807, 2.05) is 0 Å². The Morgan fingerprint density at radius 2 is 1.61 bits per heavy atom. The molecule has 1 atom stereocenters. The zero-order valence-electron chi connectivity index (χ0n) is 11.7. The molecule has 2 rings (SSSR count). The van der Waals surface area contributed by atoms with E-state index in [2.05, 4.69) is 9.97 Å². The van der Waals surface area contributed by atoms with Crippen molar-refractivity contribution in [2.24, 2.45) is 0 Å². The number of sulfonamides is 1. The number of rotatable bonds is 4. The lowest BCUT2D eigenvalue weighted by Gasteiger charge is -2.21. The van der Waals surface area contributed by atoms with Crippen LogP contribution in [0.5, 0.6) is 0 Å². The first-order valence-corrected chi connectivity index (χ1v) is 7.71. The SMILES string of the molecule is Cc1ncc(S(=O)(=O)NC(c2ccc(F)cc2)C(F)(F)F)cn1. The molecule has 124 valence electrons. The lowest BCUT2D eigenvalue weighted by molar-refractivity contribution is -0.153. The van der Waals surface area contributed by atoms with E-state index in [1.165, 1.54) is 6.92 Å². The van der Waals surface area contributed by atoms with Gasteiger partial charge in [0.05, 0.1) is 12.4 Å². The highest BCUT2D eigenvalue weighted by atomic mass is 32.2. The lowest BCUT2D eigenvalue weighted by Crippen LogP contribution is -2.38. The number of nitrogens with one attached hydrogen (secondary N) is 1. The smallest absolute Gasteiger partial charge is 0.240 e. The summed E-state index contributed by atoms with van der Waals surface area (Å²) >= 11 is 0. The third kappa shape index (κ3) is 4.23. The molecule has 0 spiro atoms. The number of hydrogen-bond donors (Lipinski definition) is 1. The number of aromatic nitrogens is 2. The van der Waals surface area contributed by atoms with Crippen molar-refractivity contribution < 1.29 is 26.0 Å². The molecular weight excluding hydrogens is 338 g/mol. The molecule has 0 aliphatic heterocycles. The minimum atomic E-state index is -4.91. The Balaban J connectivity index is 2.38. The molecule has 0 amide bonds. The highest BCUT2D eigenvalue weighted by Crippen LogP contribution is 2.34. The second kappa shape index (κ2) is 6.20. The molecule has 0 aliphatic carbocycles. The molecule has 2 aromatic rings. The van der Waals surface area contributed by atoms with Crippen molar-refractivity contribution in [3.8, 4) is 0 Å². The molecule has 23 heavy (non-hydrogen) atoms. The largest absolute Gasteiger partial charge is 0.408 e. The van der Waals surface area contributed by atoms with Gasteiger partial charge >= 0.3 is 6.18 Å². The number of halogens is 4. The molecule has 0 aliphatic rings. The van der Waals surface area contributed by atoms with E-state index >= 15 is 0 Å². The summed E-state index contributed by atoms with van der Waals surface area (Å²) in [7, 11) is -4.51. The molecule has 5 nitrogen and oxygen atoms in total. The van der Waals surface area contributed by atoms with Crippen LogP contribution in [0, 0.1) is 12.7 Å².